The highest BCUT2D eigenvalue weighted by Crippen LogP contribution is 2.41. The van der Waals surface area contributed by atoms with Gasteiger partial charge < -0.3 is 14.6 Å². The molecule has 0 amide bonds. The molecule has 1 aromatic carbocycles. The summed E-state index contributed by atoms with van der Waals surface area (Å²) in [6, 6.07) is 5.64. The third-order valence-corrected chi connectivity index (χ3v) is 4.01. The molecule has 2 N–H and O–H groups in total. The van der Waals surface area contributed by atoms with Gasteiger partial charge in [0.05, 0.1) is 16.5 Å². The van der Waals surface area contributed by atoms with Gasteiger partial charge in [-0.05, 0) is 13.0 Å². The summed E-state index contributed by atoms with van der Waals surface area (Å²) in [7, 11) is -6.17. The smallest absolute Gasteiger partial charge is 0.392 e. The molecule has 0 aliphatic rings. The minimum absolute atomic E-state index is 0.0430. The highest BCUT2D eigenvalue weighted by Gasteiger charge is 2.50. The standard InChI is InChI=1S/C13H12F3N3O6S.C2H6/c1-7(20)6-17-10-8-4-2-3-5-9(8)18-12(11(10)19(21)22)25-26(23,24)13(14,15)16;1-2/h2-5,7,20H,6H2,1H3,(H,17,18);1-2H3. The summed E-state index contributed by atoms with van der Waals surface area (Å²) < 4.78 is 64.1. The van der Waals surface area contributed by atoms with E-state index in [1.165, 1.54) is 31.2 Å². The van der Waals surface area contributed by atoms with Gasteiger partial charge in [0, 0.05) is 11.9 Å². The lowest BCUT2D eigenvalue weighted by molar-refractivity contribution is -0.384. The number of hydrogen-bond acceptors (Lipinski definition) is 8. The predicted octanol–water partition coefficient (Wildman–Crippen LogP) is 3.19. The Hall–Kier alpha value is -2.67. The topological polar surface area (TPSA) is 132 Å². The van der Waals surface area contributed by atoms with Crippen LogP contribution in [-0.4, -0.2) is 41.6 Å². The normalized spacial score (nSPS) is 12.7. The molecule has 1 atom stereocenters. The van der Waals surface area contributed by atoms with Gasteiger partial charge in [0.1, 0.15) is 5.69 Å². The van der Waals surface area contributed by atoms with Crippen molar-refractivity contribution < 1.29 is 35.8 Å². The van der Waals surface area contributed by atoms with E-state index in [2.05, 4.69) is 14.5 Å². The van der Waals surface area contributed by atoms with Crippen LogP contribution in [0.2, 0.25) is 0 Å². The van der Waals surface area contributed by atoms with E-state index in [4.69, 9.17) is 0 Å². The highest BCUT2D eigenvalue weighted by molar-refractivity contribution is 7.88. The number of nitrogens with one attached hydrogen (secondary N) is 1. The number of aliphatic hydroxyl groups excluding tert-OH is 1. The molecule has 1 unspecified atom stereocenters. The molecule has 2 aromatic rings. The van der Waals surface area contributed by atoms with E-state index in [0.717, 1.165) is 0 Å². The number of fused-ring (bicyclic) bond motifs is 1. The number of nitro groups is 1. The molecule has 0 saturated carbocycles. The van der Waals surface area contributed by atoms with Crippen LogP contribution in [0.3, 0.4) is 0 Å². The van der Waals surface area contributed by atoms with E-state index in [-0.39, 0.29) is 23.1 Å². The van der Waals surface area contributed by atoms with Gasteiger partial charge in [-0.25, -0.2) is 4.98 Å². The molecule has 0 bridgehead atoms. The second-order valence-electron chi connectivity index (χ2n) is 5.13. The van der Waals surface area contributed by atoms with Crippen LogP contribution in [0.5, 0.6) is 5.88 Å². The Kier molecular flexibility index (Phi) is 7.52. The zero-order valence-electron chi connectivity index (χ0n) is 15.0. The van der Waals surface area contributed by atoms with Crippen LogP contribution >= 0.6 is 0 Å². The molecule has 1 heterocycles. The van der Waals surface area contributed by atoms with E-state index < -0.39 is 38.2 Å². The van der Waals surface area contributed by atoms with Gasteiger partial charge in [-0.15, -0.1) is 0 Å². The number of alkyl halides is 3. The fraction of sp³-hybridized carbons (Fsp3) is 0.400. The van der Waals surface area contributed by atoms with Crippen LogP contribution in [0.15, 0.2) is 24.3 Å². The van der Waals surface area contributed by atoms with Crippen LogP contribution in [0.25, 0.3) is 10.9 Å². The van der Waals surface area contributed by atoms with Gasteiger partial charge in [0.15, 0.2) is 0 Å². The molecule has 1 aromatic heterocycles. The monoisotopic (exact) mass is 425 g/mol. The maximum Gasteiger partial charge on any atom is 0.534 e. The Morgan fingerprint density at radius 2 is 1.89 bits per heavy atom. The molecule has 0 fully saturated rings. The molecule has 0 aliphatic heterocycles. The Morgan fingerprint density at radius 3 is 2.39 bits per heavy atom. The van der Waals surface area contributed by atoms with Gasteiger partial charge in [-0.2, -0.15) is 21.6 Å². The first-order chi connectivity index (χ1) is 12.9. The number of halogens is 3. The van der Waals surface area contributed by atoms with Crippen molar-refractivity contribution in [1.29, 1.82) is 0 Å². The third-order valence-electron chi connectivity index (χ3n) is 3.06. The maximum absolute atomic E-state index is 12.6. The predicted molar refractivity (Wildman–Crippen MR) is 95.5 cm³/mol. The Bertz CT molecular complexity index is 948. The molecule has 0 saturated heterocycles. The number of aromatic nitrogens is 1. The molecular formula is C15H18F3N3O6S. The van der Waals surface area contributed by atoms with Gasteiger partial charge in [0.25, 0.3) is 0 Å². The van der Waals surface area contributed by atoms with Crippen molar-refractivity contribution in [3.05, 3.63) is 34.4 Å². The highest BCUT2D eigenvalue weighted by atomic mass is 32.2. The lowest BCUT2D eigenvalue weighted by Gasteiger charge is -2.14. The van der Waals surface area contributed by atoms with Crippen LogP contribution in [0.1, 0.15) is 20.8 Å². The summed E-state index contributed by atoms with van der Waals surface area (Å²) in [5.41, 5.74) is -7.26. The van der Waals surface area contributed by atoms with Crippen molar-refractivity contribution in [2.75, 3.05) is 11.9 Å². The molecule has 0 spiro atoms. The summed E-state index contributed by atoms with van der Waals surface area (Å²) in [5, 5.41) is 23.4. The van der Waals surface area contributed by atoms with Gasteiger partial charge in [-0.1, -0.05) is 32.0 Å². The average molecular weight is 425 g/mol. The van der Waals surface area contributed by atoms with Crippen LogP contribution in [-0.2, 0) is 10.1 Å². The summed E-state index contributed by atoms with van der Waals surface area (Å²) in [6.45, 7) is 5.17. The van der Waals surface area contributed by atoms with E-state index in [0.29, 0.717) is 0 Å². The number of anilines is 1. The van der Waals surface area contributed by atoms with Crippen molar-refractivity contribution in [2.45, 2.75) is 32.4 Å². The number of para-hydroxylation sites is 1. The Balaban J connectivity index is 0.00000190. The van der Waals surface area contributed by atoms with Crippen LogP contribution in [0, 0.1) is 10.1 Å². The quantitative estimate of drug-likeness (QED) is 0.312. The Labute approximate surface area is 158 Å². The number of pyridine rings is 1. The van der Waals surface area contributed by atoms with Crippen molar-refractivity contribution in [2.24, 2.45) is 0 Å². The van der Waals surface area contributed by atoms with E-state index >= 15 is 0 Å². The number of nitrogens with zero attached hydrogens (tertiary/aromatic N) is 2. The molecule has 2 rings (SSSR count). The first-order valence-electron chi connectivity index (χ1n) is 7.94. The summed E-state index contributed by atoms with van der Waals surface area (Å²) in [5.74, 6) is -1.33. The zero-order chi connectivity index (χ0) is 21.7. The second kappa shape index (κ2) is 9.01. The molecule has 13 heteroatoms. The summed E-state index contributed by atoms with van der Waals surface area (Å²) >= 11 is 0. The number of rotatable bonds is 6. The van der Waals surface area contributed by atoms with Crippen molar-refractivity contribution in [1.82, 2.24) is 4.98 Å². The minimum atomic E-state index is -6.17. The molecule has 0 radical (unpaired) electrons. The van der Waals surface area contributed by atoms with Gasteiger partial charge >= 0.3 is 27.2 Å². The average Bonchev–Trinajstić information content (AvgIpc) is 2.59. The van der Waals surface area contributed by atoms with Crippen molar-refractivity contribution in [3.63, 3.8) is 0 Å². The van der Waals surface area contributed by atoms with Crippen molar-refractivity contribution in [3.8, 4) is 5.88 Å². The minimum Gasteiger partial charge on any atom is -0.392 e. The van der Waals surface area contributed by atoms with Crippen LogP contribution in [0.4, 0.5) is 24.5 Å². The van der Waals surface area contributed by atoms with Crippen molar-refractivity contribution >= 4 is 32.4 Å². The SMILES string of the molecule is CC.CC(O)CNc1c([N+](=O)[O-])c(OS(=O)(=O)C(F)(F)F)nc2ccccc12. The van der Waals surface area contributed by atoms with Gasteiger partial charge in [0.2, 0.25) is 0 Å². The molecule has 28 heavy (non-hydrogen) atoms. The fourth-order valence-electron chi connectivity index (χ4n) is 1.99. The fourth-order valence-corrected chi connectivity index (χ4v) is 2.41. The van der Waals surface area contributed by atoms with E-state index in [1.807, 2.05) is 13.8 Å². The summed E-state index contributed by atoms with van der Waals surface area (Å²) in [4.78, 5) is 13.8. The molecule has 9 nitrogen and oxygen atoms in total. The zero-order valence-corrected chi connectivity index (χ0v) is 15.8. The summed E-state index contributed by atoms with van der Waals surface area (Å²) in [6.07, 6.45) is -0.954. The number of benzene rings is 1. The molecular weight excluding hydrogens is 407 g/mol. The second-order valence-corrected chi connectivity index (χ2v) is 6.67. The maximum atomic E-state index is 12.6. The third kappa shape index (κ3) is 5.19. The first kappa shape index (κ1) is 23.4. The van der Waals surface area contributed by atoms with Crippen LogP contribution < -0.4 is 9.50 Å². The molecule has 0 aliphatic carbocycles. The first-order valence-corrected chi connectivity index (χ1v) is 9.34. The lowest BCUT2D eigenvalue weighted by Crippen LogP contribution is -2.28. The van der Waals surface area contributed by atoms with E-state index in [1.54, 1.807) is 0 Å². The van der Waals surface area contributed by atoms with E-state index in [9.17, 15) is 36.8 Å². The lowest BCUT2D eigenvalue weighted by atomic mass is 10.1. The number of aliphatic hydroxyl groups is 1. The Morgan fingerprint density at radius 1 is 1.32 bits per heavy atom. The number of hydrogen-bond donors (Lipinski definition) is 2. The largest absolute Gasteiger partial charge is 0.534 e. The van der Waals surface area contributed by atoms with Gasteiger partial charge in [-0.3, -0.25) is 10.1 Å². The molecule has 156 valence electrons.